The van der Waals surface area contributed by atoms with Crippen LogP contribution in [0.15, 0.2) is 0 Å². The fraction of sp³-hybridized carbons (Fsp3) is 0.429. The highest BCUT2D eigenvalue weighted by Crippen LogP contribution is 2.17. The lowest BCUT2D eigenvalue weighted by Gasteiger charge is -2.02. The maximum atomic E-state index is 5.76. The van der Waals surface area contributed by atoms with Gasteiger partial charge in [0.1, 0.15) is 5.15 Å². The van der Waals surface area contributed by atoms with Crippen molar-refractivity contribution in [2.75, 3.05) is 0 Å². The highest BCUT2D eigenvalue weighted by Gasteiger charge is 2.05. The Morgan fingerprint density at radius 2 is 1.91 bits per heavy atom. The van der Waals surface area contributed by atoms with Gasteiger partial charge in [-0.05, 0) is 24.9 Å². The second-order valence-electron chi connectivity index (χ2n) is 2.21. The Morgan fingerprint density at radius 3 is 2.45 bits per heavy atom. The van der Waals surface area contributed by atoms with Crippen LogP contribution in [0, 0.1) is 6.92 Å². The molecular weight excluding hydrogens is 183 g/mol. The van der Waals surface area contributed by atoms with Crippen molar-refractivity contribution >= 4 is 23.2 Å². The molecule has 1 aromatic heterocycles. The number of hydrogen-bond acceptors (Lipinski definition) is 2. The third-order valence-electron chi connectivity index (χ3n) is 1.49. The van der Waals surface area contributed by atoms with Crippen LogP contribution < -0.4 is 0 Å². The van der Waals surface area contributed by atoms with Gasteiger partial charge < -0.3 is 0 Å². The van der Waals surface area contributed by atoms with Crippen molar-refractivity contribution in [1.82, 2.24) is 9.97 Å². The minimum absolute atomic E-state index is 0.220. The zero-order valence-corrected chi connectivity index (χ0v) is 7.87. The predicted molar refractivity (Wildman–Crippen MR) is 46.2 cm³/mol. The molecular formula is C7H8Cl2N2. The summed E-state index contributed by atoms with van der Waals surface area (Å²) in [6.45, 7) is 3.89. The molecule has 60 valence electrons. The van der Waals surface area contributed by atoms with E-state index >= 15 is 0 Å². The molecule has 0 saturated carbocycles. The summed E-state index contributed by atoms with van der Waals surface area (Å²) in [5, 5.41) is 0.666. The first-order valence-electron chi connectivity index (χ1n) is 3.33. The van der Waals surface area contributed by atoms with Gasteiger partial charge in [-0.1, -0.05) is 18.5 Å². The number of hydrogen-bond donors (Lipinski definition) is 0. The van der Waals surface area contributed by atoms with Crippen molar-refractivity contribution in [3.63, 3.8) is 0 Å². The predicted octanol–water partition coefficient (Wildman–Crippen LogP) is 2.65. The topological polar surface area (TPSA) is 25.8 Å². The Bertz CT molecular complexity index is 273. The molecule has 0 amide bonds. The molecule has 0 unspecified atom stereocenters. The van der Waals surface area contributed by atoms with E-state index in [1.807, 2.05) is 13.8 Å². The molecule has 0 spiro atoms. The van der Waals surface area contributed by atoms with E-state index in [4.69, 9.17) is 23.2 Å². The lowest BCUT2D eigenvalue weighted by Crippen LogP contribution is -1.96. The maximum absolute atomic E-state index is 5.76. The van der Waals surface area contributed by atoms with Gasteiger partial charge in [-0.25, -0.2) is 9.97 Å². The largest absolute Gasteiger partial charge is 0.224 e. The average Bonchev–Trinajstić information content (AvgIpc) is 1.96. The maximum Gasteiger partial charge on any atom is 0.224 e. The first-order valence-corrected chi connectivity index (χ1v) is 4.09. The summed E-state index contributed by atoms with van der Waals surface area (Å²) < 4.78 is 0. The number of aryl methyl sites for hydroxylation is 1. The van der Waals surface area contributed by atoms with Gasteiger partial charge in [0.2, 0.25) is 5.28 Å². The highest BCUT2D eigenvalue weighted by molar-refractivity contribution is 6.32. The fourth-order valence-electron chi connectivity index (χ4n) is 0.848. The minimum atomic E-state index is 0.220. The molecule has 0 aromatic carbocycles. The van der Waals surface area contributed by atoms with Crippen LogP contribution in [-0.2, 0) is 6.42 Å². The van der Waals surface area contributed by atoms with Gasteiger partial charge in [0.15, 0.2) is 0 Å². The first kappa shape index (κ1) is 8.75. The van der Waals surface area contributed by atoms with Crippen molar-refractivity contribution in [3.8, 4) is 0 Å². The number of aromatic nitrogens is 2. The van der Waals surface area contributed by atoms with Gasteiger partial charge >= 0.3 is 0 Å². The summed E-state index contributed by atoms with van der Waals surface area (Å²) in [6, 6.07) is 0. The SMILES string of the molecule is CCc1nc(Cl)nc(Cl)c1C. The summed E-state index contributed by atoms with van der Waals surface area (Å²) >= 11 is 11.4. The van der Waals surface area contributed by atoms with Crippen molar-refractivity contribution in [2.24, 2.45) is 0 Å². The zero-order valence-electron chi connectivity index (χ0n) is 6.36. The van der Waals surface area contributed by atoms with Crippen LogP contribution in [0.1, 0.15) is 18.2 Å². The van der Waals surface area contributed by atoms with E-state index in [-0.39, 0.29) is 5.28 Å². The van der Waals surface area contributed by atoms with E-state index in [0.29, 0.717) is 5.15 Å². The fourth-order valence-corrected chi connectivity index (χ4v) is 1.27. The molecule has 11 heavy (non-hydrogen) atoms. The van der Waals surface area contributed by atoms with E-state index in [0.717, 1.165) is 17.7 Å². The van der Waals surface area contributed by atoms with Crippen molar-refractivity contribution < 1.29 is 0 Å². The van der Waals surface area contributed by atoms with Crippen LogP contribution >= 0.6 is 23.2 Å². The smallest absolute Gasteiger partial charge is 0.223 e. The second kappa shape index (κ2) is 3.37. The molecule has 4 heteroatoms. The summed E-state index contributed by atoms with van der Waals surface area (Å²) in [6.07, 6.45) is 0.827. The van der Waals surface area contributed by atoms with Crippen LogP contribution in [0.2, 0.25) is 10.4 Å². The number of nitrogens with zero attached hydrogens (tertiary/aromatic N) is 2. The molecule has 1 rings (SSSR count). The van der Waals surface area contributed by atoms with Gasteiger partial charge in [-0.3, -0.25) is 0 Å². The Balaban J connectivity index is 3.24. The van der Waals surface area contributed by atoms with E-state index < -0.39 is 0 Å². The lowest BCUT2D eigenvalue weighted by molar-refractivity contribution is 0.970. The molecule has 0 radical (unpaired) electrons. The Morgan fingerprint density at radius 1 is 1.27 bits per heavy atom. The quantitative estimate of drug-likeness (QED) is 0.503. The van der Waals surface area contributed by atoms with Gasteiger partial charge in [0.05, 0.1) is 0 Å². The molecule has 0 aliphatic carbocycles. The molecule has 0 atom stereocenters. The van der Waals surface area contributed by atoms with Crippen LogP contribution in [0.4, 0.5) is 0 Å². The molecule has 0 bridgehead atoms. The van der Waals surface area contributed by atoms with Gasteiger partial charge in [-0.15, -0.1) is 0 Å². The lowest BCUT2D eigenvalue weighted by atomic mass is 10.2. The van der Waals surface area contributed by atoms with E-state index in [2.05, 4.69) is 9.97 Å². The third-order valence-corrected chi connectivity index (χ3v) is 2.03. The van der Waals surface area contributed by atoms with E-state index in [9.17, 15) is 0 Å². The van der Waals surface area contributed by atoms with E-state index in [1.165, 1.54) is 0 Å². The normalized spacial score (nSPS) is 10.2. The Labute approximate surface area is 75.6 Å². The first-order chi connectivity index (χ1) is 5.15. The molecule has 0 fully saturated rings. The molecule has 2 nitrogen and oxygen atoms in total. The van der Waals surface area contributed by atoms with Crippen molar-refractivity contribution in [3.05, 3.63) is 21.7 Å². The van der Waals surface area contributed by atoms with Gasteiger partial charge in [0.25, 0.3) is 0 Å². The molecule has 0 N–H and O–H groups in total. The minimum Gasteiger partial charge on any atom is -0.223 e. The summed E-state index contributed by atoms with van der Waals surface area (Å²) in [4.78, 5) is 7.82. The third kappa shape index (κ3) is 1.82. The molecule has 0 aliphatic rings. The molecule has 0 aliphatic heterocycles. The van der Waals surface area contributed by atoms with E-state index in [1.54, 1.807) is 0 Å². The van der Waals surface area contributed by atoms with Crippen molar-refractivity contribution in [2.45, 2.75) is 20.3 Å². The summed E-state index contributed by atoms with van der Waals surface area (Å²) in [5.74, 6) is 0. The highest BCUT2D eigenvalue weighted by atomic mass is 35.5. The average molecular weight is 191 g/mol. The molecule has 1 aromatic rings. The number of halogens is 2. The Kier molecular flexibility index (Phi) is 2.68. The van der Waals surface area contributed by atoms with Gasteiger partial charge in [-0.2, -0.15) is 0 Å². The summed E-state index contributed by atoms with van der Waals surface area (Å²) in [5.41, 5.74) is 1.83. The second-order valence-corrected chi connectivity index (χ2v) is 2.90. The molecule has 1 heterocycles. The number of rotatable bonds is 1. The van der Waals surface area contributed by atoms with Crippen LogP contribution in [0.25, 0.3) is 0 Å². The summed E-state index contributed by atoms with van der Waals surface area (Å²) in [7, 11) is 0. The Hall–Kier alpha value is -0.340. The zero-order chi connectivity index (χ0) is 8.43. The molecule has 0 saturated heterocycles. The standard InChI is InChI=1S/C7H8Cl2N2/c1-3-5-4(2)6(8)11-7(9)10-5/h3H2,1-2H3. The van der Waals surface area contributed by atoms with Crippen LogP contribution in [0.5, 0.6) is 0 Å². The monoisotopic (exact) mass is 190 g/mol. The van der Waals surface area contributed by atoms with Gasteiger partial charge in [0, 0.05) is 11.3 Å². The van der Waals surface area contributed by atoms with Crippen LogP contribution in [0.3, 0.4) is 0 Å². The van der Waals surface area contributed by atoms with Crippen LogP contribution in [-0.4, -0.2) is 9.97 Å². The van der Waals surface area contributed by atoms with Crippen molar-refractivity contribution in [1.29, 1.82) is 0 Å².